The molecule has 1 aromatic heterocycles. The molecule has 0 aliphatic carbocycles. The van der Waals surface area contributed by atoms with Crippen molar-refractivity contribution in [3.05, 3.63) is 22.4 Å². The lowest BCUT2D eigenvalue weighted by Crippen LogP contribution is -2.45. The largest absolute Gasteiger partial charge is 0.316 e. The molecule has 1 atom stereocenters. The molecule has 16 heavy (non-hydrogen) atoms. The van der Waals surface area contributed by atoms with Gasteiger partial charge in [0.25, 0.3) is 0 Å². The van der Waals surface area contributed by atoms with Crippen LogP contribution < -0.4 is 10.6 Å². The van der Waals surface area contributed by atoms with Crippen LogP contribution in [0.3, 0.4) is 0 Å². The topological polar surface area (TPSA) is 24.1 Å². The van der Waals surface area contributed by atoms with Crippen molar-refractivity contribution < 1.29 is 0 Å². The molecule has 0 bridgehead atoms. The van der Waals surface area contributed by atoms with E-state index in [2.05, 4.69) is 35.1 Å². The Morgan fingerprint density at radius 2 is 2.50 bits per heavy atom. The van der Waals surface area contributed by atoms with Gasteiger partial charge in [0, 0.05) is 24.5 Å². The van der Waals surface area contributed by atoms with Gasteiger partial charge in [0.15, 0.2) is 0 Å². The van der Waals surface area contributed by atoms with Crippen molar-refractivity contribution in [3.63, 3.8) is 0 Å². The zero-order valence-corrected chi connectivity index (χ0v) is 10.9. The van der Waals surface area contributed by atoms with Gasteiger partial charge in [0.05, 0.1) is 0 Å². The van der Waals surface area contributed by atoms with Gasteiger partial charge in [0.1, 0.15) is 0 Å². The van der Waals surface area contributed by atoms with Crippen LogP contribution in [0.4, 0.5) is 0 Å². The van der Waals surface area contributed by atoms with E-state index >= 15 is 0 Å². The quantitative estimate of drug-likeness (QED) is 0.824. The minimum absolute atomic E-state index is 0.496. The minimum Gasteiger partial charge on any atom is -0.316 e. The standard InChI is InChI=1S/C13H22N2S/c1-2-13(6-4-7-14-10-13)11-15-9-12-5-3-8-16-12/h3,5,8,14-15H,2,4,6-7,9-11H2,1H3. The summed E-state index contributed by atoms with van der Waals surface area (Å²) < 4.78 is 0. The van der Waals surface area contributed by atoms with E-state index in [0.717, 1.165) is 13.1 Å². The Balaban J connectivity index is 1.78. The van der Waals surface area contributed by atoms with Crippen molar-refractivity contribution in [2.75, 3.05) is 19.6 Å². The van der Waals surface area contributed by atoms with Gasteiger partial charge in [-0.1, -0.05) is 13.0 Å². The maximum absolute atomic E-state index is 3.62. The predicted octanol–water partition coefficient (Wildman–Crippen LogP) is 2.62. The molecule has 0 spiro atoms. The van der Waals surface area contributed by atoms with Crippen molar-refractivity contribution >= 4 is 11.3 Å². The molecule has 1 saturated heterocycles. The van der Waals surface area contributed by atoms with Gasteiger partial charge in [-0.15, -0.1) is 11.3 Å². The number of piperidine rings is 1. The highest BCUT2D eigenvalue weighted by atomic mass is 32.1. The molecule has 0 saturated carbocycles. The van der Waals surface area contributed by atoms with Gasteiger partial charge in [-0.25, -0.2) is 0 Å². The van der Waals surface area contributed by atoms with Gasteiger partial charge < -0.3 is 10.6 Å². The third kappa shape index (κ3) is 3.06. The zero-order chi connectivity index (χ0) is 11.3. The number of hydrogen-bond acceptors (Lipinski definition) is 3. The summed E-state index contributed by atoms with van der Waals surface area (Å²) in [5, 5.41) is 9.30. The Hall–Kier alpha value is -0.380. The van der Waals surface area contributed by atoms with Crippen LogP contribution in [-0.4, -0.2) is 19.6 Å². The molecule has 1 aliphatic rings. The first-order valence-corrected chi connectivity index (χ1v) is 7.16. The van der Waals surface area contributed by atoms with Crippen LogP contribution in [-0.2, 0) is 6.54 Å². The smallest absolute Gasteiger partial charge is 0.0299 e. The van der Waals surface area contributed by atoms with Gasteiger partial charge >= 0.3 is 0 Å². The van der Waals surface area contributed by atoms with Crippen LogP contribution in [0, 0.1) is 5.41 Å². The highest BCUT2D eigenvalue weighted by molar-refractivity contribution is 7.09. The lowest BCUT2D eigenvalue weighted by molar-refractivity contribution is 0.192. The minimum atomic E-state index is 0.496. The molecular weight excluding hydrogens is 216 g/mol. The van der Waals surface area contributed by atoms with Crippen LogP contribution >= 0.6 is 11.3 Å². The maximum atomic E-state index is 3.62. The molecule has 1 aromatic rings. The fourth-order valence-electron chi connectivity index (χ4n) is 2.47. The van der Waals surface area contributed by atoms with Gasteiger partial charge in [0.2, 0.25) is 0 Å². The Morgan fingerprint density at radius 3 is 3.12 bits per heavy atom. The second-order valence-electron chi connectivity index (χ2n) is 4.82. The van der Waals surface area contributed by atoms with E-state index in [1.165, 1.54) is 37.2 Å². The molecule has 0 aromatic carbocycles. The molecule has 0 amide bonds. The van der Waals surface area contributed by atoms with E-state index in [-0.39, 0.29) is 0 Å². The van der Waals surface area contributed by atoms with E-state index in [1.807, 2.05) is 11.3 Å². The lowest BCUT2D eigenvalue weighted by Gasteiger charge is -2.37. The molecular formula is C13H22N2S. The summed E-state index contributed by atoms with van der Waals surface area (Å²) in [5.41, 5.74) is 0.496. The summed E-state index contributed by atoms with van der Waals surface area (Å²) in [6.07, 6.45) is 3.97. The van der Waals surface area contributed by atoms with Crippen molar-refractivity contribution in [1.82, 2.24) is 10.6 Å². The van der Waals surface area contributed by atoms with E-state index in [4.69, 9.17) is 0 Å². The number of thiophene rings is 1. The summed E-state index contributed by atoms with van der Waals surface area (Å²) in [4.78, 5) is 1.44. The second kappa shape index (κ2) is 5.80. The fraction of sp³-hybridized carbons (Fsp3) is 0.692. The molecule has 0 radical (unpaired) electrons. The molecule has 2 heterocycles. The molecule has 90 valence electrons. The van der Waals surface area contributed by atoms with Crippen LogP contribution in [0.25, 0.3) is 0 Å². The molecule has 1 aliphatic heterocycles. The first kappa shape index (κ1) is 12.1. The van der Waals surface area contributed by atoms with E-state index in [1.54, 1.807) is 0 Å². The van der Waals surface area contributed by atoms with E-state index < -0.39 is 0 Å². The van der Waals surface area contributed by atoms with Crippen molar-refractivity contribution in [1.29, 1.82) is 0 Å². The number of rotatable bonds is 5. The van der Waals surface area contributed by atoms with Crippen LogP contribution in [0.1, 0.15) is 31.1 Å². The lowest BCUT2D eigenvalue weighted by atomic mass is 9.78. The van der Waals surface area contributed by atoms with Gasteiger partial charge in [-0.3, -0.25) is 0 Å². The highest BCUT2D eigenvalue weighted by Crippen LogP contribution is 2.29. The van der Waals surface area contributed by atoms with Crippen molar-refractivity contribution in [2.45, 2.75) is 32.7 Å². The molecule has 2 rings (SSSR count). The Kier molecular flexibility index (Phi) is 4.38. The monoisotopic (exact) mass is 238 g/mol. The number of hydrogen-bond donors (Lipinski definition) is 2. The average molecular weight is 238 g/mol. The van der Waals surface area contributed by atoms with Crippen molar-refractivity contribution in [3.8, 4) is 0 Å². The summed E-state index contributed by atoms with van der Waals surface area (Å²) in [6, 6.07) is 4.33. The first-order chi connectivity index (χ1) is 7.85. The predicted molar refractivity (Wildman–Crippen MR) is 70.9 cm³/mol. The number of nitrogens with one attached hydrogen (secondary N) is 2. The fourth-order valence-corrected chi connectivity index (χ4v) is 3.15. The highest BCUT2D eigenvalue weighted by Gasteiger charge is 2.29. The zero-order valence-electron chi connectivity index (χ0n) is 10.1. The van der Waals surface area contributed by atoms with Gasteiger partial charge in [-0.05, 0) is 42.7 Å². The summed E-state index contributed by atoms with van der Waals surface area (Å²) in [6.45, 7) is 6.88. The Labute approximate surface area is 102 Å². The molecule has 1 unspecified atom stereocenters. The molecule has 2 N–H and O–H groups in total. The molecule has 1 fully saturated rings. The van der Waals surface area contributed by atoms with Crippen LogP contribution in [0.5, 0.6) is 0 Å². The van der Waals surface area contributed by atoms with Crippen LogP contribution in [0.2, 0.25) is 0 Å². The third-order valence-electron chi connectivity index (χ3n) is 3.69. The van der Waals surface area contributed by atoms with E-state index in [0.29, 0.717) is 5.41 Å². The molecule has 3 heteroatoms. The summed E-state index contributed by atoms with van der Waals surface area (Å²) >= 11 is 1.84. The Morgan fingerprint density at radius 1 is 1.56 bits per heavy atom. The van der Waals surface area contributed by atoms with Crippen molar-refractivity contribution in [2.24, 2.45) is 5.41 Å². The normalized spacial score (nSPS) is 25.8. The average Bonchev–Trinajstić information content (AvgIpc) is 2.83. The first-order valence-electron chi connectivity index (χ1n) is 6.28. The maximum Gasteiger partial charge on any atom is 0.0299 e. The Bertz CT molecular complexity index is 289. The van der Waals surface area contributed by atoms with E-state index in [9.17, 15) is 0 Å². The second-order valence-corrected chi connectivity index (χ2v) is 5.85. The SMILES string of the molecule is CCC1(CNCc2cccs2)CCCNC1. The summed E-state index contributed by atoms with van der Waals surface area (Å²) in [7, 11) is 0. The van der Waals surface area contributed by atoms with Gasteiger partial charge in [-0.2, -0.15) is 0 Å². The van der Waals surface area contributed by atoms with Crippen LogP contribution in [0.15, 0.2) is 17.5 Å². The molecule has 2 nitrogen and oxygen atoms in total. The summed E-state index contributed by atoms with van der Waals surface area (Å²) in [5.74, 6) is 0. The third-order valence-corrected chi connectivity index (χ3v) is 4.57.